The smallest absolute Gasteiger partial charge is 0.478 e. The Balaban J connectivity index is 1.39. The van der Waals surface area contributed by atoms with E-state index in [2.05, 4.69) is 15.4 Å². The molecule has 7 rings (SSSR count). The number of pyridine rings is 1. The van der Waals surface area contributed by atoms with E-state index >= 15 is 0 Å². The first-order valence-corrected chi connectivity index (χ1v) is 14.5. The first kappa shape index (κ1) is 26.6. The van der Waals surface area contributed by atoms with E-state index in [-0.39, 0.29) is 5.75 Å². The Morgan fingerprint density at radius 3 is 2.52 bits per heavy atom. The zero-order chi connectivity index (χ0) is 29.0. The molecule has 0 unspecified atom stereocenters. The second-order valence-corrected chi connectivity index (χ2v) is 11.3. The third-order valence-electron chi connectivity index (χ3n) is 8.77. The molecule has 2 aromatic heterocycles. The SMILES string of the molecule is O=C(O)c1ccc2c(C3CCCCC3)c3n(c2c1)CCCc1c-3ccc2nc(-c3cccc(OC(F)(F)F)c3)ccc12. The second-order valence-electron chi connectivity index (χ2n) is 11.3. The largest absolute Gasteiger partial charge is 0.573 e. The number of hydrogen-bond acceptors (Lipinski definition) is 3. The molecule has 0 spiro atoms. The third kappa shape index (κ3) is 4.68. The van der Waals surface area contributed by atoms with Crippen molar-refractivity contribution in [2.75, 3.05) is 0 Å². The van der Waals surface area contributed by atoms with Crippen LogP contribution in [0.15, 0.2) is 66.7 Å². The molecule has 0 amide bonds. The van der Waals surface area contributed by atoms with E-state index in [0.717, 1.165) is 59.6 Å². The first-order chi connectivity index (χ1) is 20.3. The minimum Gasteiger partial charge on any atom is -0.478 e. The maximum Gasteiger partial charge on any atom is 0.573 e. The average molecular weight is 571 g/mol. The van der Waals surface area contributed by atoms with Crippen molar-refractivity contribution in [2.45, 2.75) is 63.8 Å². The van der Waals surface area contributed by atoms with Gasteiger partial charge in [-0.2, -0.15) is 0 Å². The number of carboxylic acid groups (broad SMARTS) is 1. The van der Waals surface area contributed by atoms with Crippen molar-refractivity contribution in [3.8, 4) is 28.3 Å². The number of benzene rings is 3. The molecule has 8 heteroatoms. The maximum atomic E-state index is 12.8. The van der Waals surface area contributed by atoms with Crippen LogP contribution in [0.5, 0.6) is 5.75 Å². The zero-order valence-corrected chi connectivity index (χ0v) is 22.9. The van der Waals surface area contributed by atoms with Crippen LogP contribution in [0.25, 0.3) is 44.3 Å². The molecule has 0 saturated heterocycles. The number of aryl methyl sites for hydroxylation is 2. The number of ether oxygens (including phenoxy) is 1. The summed E-state index contributed by atoms with van der Waals surface area (Å²) in [5, 5.41) is 11.9. The fourth-order valence-corrected chi connectivity index (χ4v) is 7.02. The van der Waals surface area contributed by atoms with E-state index in [1.165, 1.54) is 54.3 Å². The summed E-state index contributed by atoms with van der Waals surface area (Å²) in [4.78, 5) is 16.7. The Labute approximate surface area is 240 Å². The quantitative estimate of drug-likeness (QED) is 0.234. The van der Waals surface area contributed by atoms with Gasteiger partial charge in [-0.1, -0.05) is 49.6 Å². The van der Waals surface area contributed by atoms with Crippen LogP contribution < -0.4 is 4.74 Å². The molecule has 1 aliphatic heterocycles. The van der Waals surface area contributed by atoms with Gasteiger partial charge < -0.3 is 14.4 Å². The van der Waals surface area contributed by atoms with Crippen LogP contribution in [-0.4, -0.2) is 27.0 Å². The van der Waals surface area contributed by atoms with Gasteiger partial charge in [0.15, 0.2) is 0 Å². The Hall–Kier alpha value is -4.33. The molecular weight excluding hydrogens is 541 g/mol. The summed E-state index contributed by atoms with van der Waals surface area (Å²) in [7, 11) is 0. The van der Waals surface area contributed by atoms with Crippen molar-refractivity contribution in [3.05, 3.63) is 83.4 Å². The van der Waals surface area contributed by atoms with E-state index in [0.29, 0.717) is 22.7 Å². The lowest BCUT2D eigenvalue weighted by Gasteiger charge is -2.24. The van der Waals surface area contributed by atoms with E-state index in [9.17, 15) is 23.1 Å². The number of halogens is 3. The summed E-state index contributed by atoms with van der Waals surface area (Å²) in [5.41, 5.74) is 8.05. The topological polar surface area (TPSA) is 64.3 Å². The summed E-state index contributed by atoms with van der Waals surface area (Å²) in [6.07, 6.45) is 2.84. The lowest BCUT2D eigenvalue weighted by molar-refractivity contribution is -0.274. The molecule has 3 aromatic carbocycles. The molecular formula is C34H29F3N2O3. The van der Waals surface area contributed by atoms with Crippen LogP contribution in [-0.2, 0) is 13.0 Å². The molecule has 3 heterocycles. The first-order valence-electron chi connectivity index (χ1n) is 14.5. The maximum absolute atomic E-state index is 12.8. The molecule has 5 aromatic rings. The van der Waals surface area contributed by atoms with Gasteiger partial charge in [-0.05, 0) is 79.1 Å². The highest BCUT2D eigenvalue weighted by molar-refractivity contribution is 6.00. The number of alkyl halides is 3. The van der Waals surface area contributed by atoms with Crippen molar-refractivity contribution in [1.29, 1.82) is 0 Å². The minimum absolute atomic E-state index is 0.280. The average Bonchev–Trinajstić information content (AvgIpc) is 3.17. The van der Waals surface area contributed by atoms with Crippen LogP contribution in [0.1, 0.15) is 65.9 Å². The van der Waals surface area contributed by atoms with Gasteiger partial charge >= 0.3 is 12.3 Å². The fraction of sp³-hybridized carbons (Fsp3) is 0.294. The van der Waals surface area contributed by atoms with Gasteiger partial charge in [0.2, 0.25) is 0 Å². The van der Waals surface area contributed by atoms with Gasteiger partial charge in [0.25, 0.3) is 0 Å². The monoisotopic (exact) mass is 570 g/mol. The van der Waals surface area contributed by atoms with Crippen molar-refractivity contribution in [2.24, 2.45) is 0 Å². The lowest BCUT2D eigenvalue weighted by atomic mass is 9.81. The number of rotatable bonds is 4. The summed E-state index contributed by atoms with van der Waals surface area (Å²) in [6, 6.07) is 19.4. The fourth-order valence-electron chi connectivity index (χ4n) is 7.02. The van der Waals surface area contributed by atoms with Gasteiger partial charge in [-0.3, -0.25) is 0 Å². The molecule has 1 aliphatic carbocycles. The molecule has 0 radical (unpaired) electrons. The Kier molecular flexibility index (Phi) is 6.44. The highest BCUT2D eigenvalue weighted by Crippen LogP contribution is 2.47. The van der Waals surface area contributed by atoms with Crippen molar-refractivity contribution in [3.63, 3.8) is 0 Å². The predicted octanol–water partition coefficient (Wildman–Crippen LogP) is 9.11. The number of aromatic nitrogens is 2. The van der Waals surface area contributed by atoms with E-state index < -0.39 is 12.3 Å². The van der Waals surface area contributed by atoms with Crippen molar-refractivity contribution in [1.82, 2.24) is 9.55 Å². The Morgan fingerprint density at radius 1 is 0.929 bits per heavy atom. The van der Waals surface area contributed by atoms with Crippen LogP contribution in [0.4, 0.5) is 13.2 Å². The third-order valence-corrected chi connectivity index (χ3v) is 8.77. The van der Waals surface area contributed by atoms with Crippen LogP contribution in [0, 0.1) is 0 Å². The number of carboxylic acids is 1. The second kappa shape index (κ2) is 10.2. The summed E-state index contributed by atoms with van der Waals surface area (Å²) < 4.78 is 44.8. The zero-order valence-electron chi connectivity index (χ0n) is 22.9. The number of hydrogen-bond donors (Lipinski definition) is 1. The van der Waals surface area contributed by atoms with E-state index in [4.69, 9.17) is 4.98 Å². The number of nitrogens with zero attached hydrogens (tertiary/aromatic N) is 2. The molecule has 42 heavy (non-hydrogen) atoms. The van der Waals surface area contributed by atoms with Gasteiger partial charge in [0, 0.05) is 34.0 Å². The molecule has 1 saturated carbocycles. The highest BCUT2D eigenvalue weighted by Gasteiger charge is 2.32. The Morgan fingerprint density at radius 2 is 1.74 bits per heavy atom. The molecule has 0 bridgehead atoms. The van der Waals surface area contributed by atoms with Gasteiger partial charge in [0.1, 0.15) is 5.75 Å². The number of aromatic carboxylic acids is 1. The van der Waals surface area contributed by atoms with Gasteiger partial charge in [0.05, 0.1) is 22.5 Å². The van der Waals surface area contributed by atoms with E-state index in [1.54, 1.807) is 12.1 Å². The number of fused-ring (bicyclic) bond motifs is 7. The molecule has 1 N–H and O–H groups in total. The lowest BCUT2D eigenvalue weighted by Crippen LogP contribution is -2.17. The predicted molar refractivity (Wildman–Crippen MR) is 156 cm³/mol. The molecule has 214 valence electrons. The molecule has 1 fully saturated rings. The summed E-state index contributed by atoms with van der Waals surface area (Å²) in [5.74, 6) is -0.788. The highest BCUT2D eigenvalue weighted by atomic mass is 19.4. The normalized spacial score (nSPS) is 15.8. The van der Waals surface area contributed by atoms with Crippen molar-refractivity contribution < 1.29 is 27.8 Å². The number of carbonyl (C=O) groups is 1. The van der Waals surface area contributed by atoms with Crippen LogP contribution in [0.3, 0.4) is 0 Å². The van der Waals surface area contributed by atoms with E-state index in [1.807, 2.05) is 30.3 Å². The minimum atomic E-state index is -4.76. The summed E-state index contributed by atoms with van der Waals surface area (Å²) in [6.45, 7) is 0.787. The van der Waals surface area contributed by atoms with Gasteiger partial charge in [-0.15, -0.1) is 13.2 Å². The van der Waals surface area contributed by atoms with Crippen LogP contribution in [0.2, 0.25) is 0 Å². The molecule has 2 aliphatic rings. The standard InChI is InChI=1S/C34H29F3N2O3/c35-34(36,37)42-23-9-4-8-21(18-23)28-15-13-25-24-10-5-17-39-30-19-22(33(40)41)11-12-27(30)31(20-6-2-1-3-7-20)32(39)26(24)14-16-29(25)38-28/h4,8-9,11-16,18-20H,1-3,5-7,10,17H2,(H,40,41). The van der Waals surface area contributed by atoms with Gasteiger partial charge in [-0.25, -0.2) is 9.78 Å². The summed E-state index contributed by atoms with van der Waals surface area (Å²) >= 11 is 0. The van der Waals surface area contributed by atoms with Crippen molar-refractivity contribution >= 4 is 27.8 Å². The molecule has 0 atom stereocenters. The van der Waals surface area contributed by atoms with Crippen LogP contribution >= 0.6 is 0 Å². The molecule has 5 nitrogen and oxygen atoms in total. The Bertz CT molecular complexity index is 1850.